The molecule has 2 unspecified atom stereocenters. The van der Waals surface area contributed by atoms with E-state index in [2.05, 4.69) is 12.2 Å². The van der Waals surface area contributed by atoms with Gasteiger partial charge in [-0.3, -0.25) is 4.79 Å². The van der Waals surface area contributed by atoms with E-state index in [-0.39, 0.29) is 11.9 Å². The summed E-state index contributed by atoms with van der Waals surface area (Å²) in [5, 5.41) is 12.1. The monoisotopic (exact) mass is 534 g/mol. The summed E-state index contributed by atoms with van der Waals surface area (Å²) in [6, 6.07) is -0.762. The first-order valence-corrected chi connectivity index (χ1v) is 16.5. The number of ether oxygens (including phenoxy) is 1. The van der Waals surface area contributed by atoms with Crippen molar-refractivity contribution in [2.75, 3.05) is 25.2 Å². The van der Waals surface area contributed by atoms with Gasteiger partial charge in [-0.1, -0.05) is 118 Å². The lowest BCUT2D eigenvalue weighted by molar-refractivity contribution is -0.141. The minimum Gasteiger partial charge on any atom is -0.480 e. The van der Waals surface area contributed by atoms with Crippen molar-refractivity contribution in [1.29, 1.82) is 0 Å². The highest BCUT2D eigenvalue weighted by Crippen LogP contribution is 2.23. The number of amides is 1. The number of nitrogens with two attached hydrogens (primary N) is 1. The van der Waals surface area contributed by atoms with Crippen molar-refractivity contribution in [1.82, 2.24) is 5.32 Å². The molecule has 0 aromatic rings. The molecule has 0 aliphatic carbocycles. The highest BCUT2D eigenvalue weighted by Gasteiger charge is 2.19. The van der Waals surface area contributed by atoms with Crippen LogP contribution in [-0.2, 0) is 14.3 Å². The van der Waals surface area contributed by atoms with Gasteiger partial charge in [0.2, 0.25) is 5.91 Å². The van der Waals surface area contributed by atoms with Crippen LogP contribution in [0.3, 0.4) is 0 Å². The van der Waals surface area contributed by atoms with Crippen LogP contribution >= 0.6 is 21.6 Å². The lowest BCUT2D eigenvalue weighted by Crippen LogP contribution is -2.41. The Morgan fingerprint density at radius 3 is 1.71 bits per heavy atom. The minimum atomic E-state index is -0.956. The number of aliphatic carboxylic acids is 1. The molecule has 0 radical (unpaired) electrons. The second-order valence-electron chi connectivity index (χ2n) is 9.59. The number of carbonyl (C=O) groups is 2. The predicted molar refractivity (Wildman–Crippen MR) is 153 cm³/mol. The molecule has 208 valence electrons. The van der Waals surface area contributed by atoms with Gasteiger partial charge in [-0.15, -0.1) is 0 Å². The summed E-state index contributed by atoms with van der Waals surface area (Å²) >= 11 is 0. The zero-order chi connectivity index (χ0) is 26.0. The van der Waals surface area contributed by atoms with Gasteiger partial charge in [-0.05, 0) is 19.3 Å². The van der Waals surface area contributed by atoms with Crippen LogP contribution in [0.5, 0.6) is 0 Å². The fourth-order valence-electron chi connectivity index (χ4n) is 3.96. The normalized spacial score (nSPS) is 13.0. The van der Waals surface area contributed by atoms with Crippen LogP contribution in [-0.4, -0.2) is 54.3 Å². The topological polar surface area (TPSA) is 102 Å². The Morgan fingerprint density at radius 1 is 0.800 bits per heavy atom. The molecule has 0 spiro atoms. The number of carboxylic acid groups (broad SMARTS) is 1. The lowest BCUT2D eigenvalue weighted by atomic mass is 10.0. The third kappa shape index (κ3) is 25.0. The molecule has 0 aliphatic heterocycles. The van der Waals surface area contributed by atoms with Crippen molar-refractivity contribution in [2.45, 2.75) is 135 Å². The Labute approximate surface area is 223 Å². The third-order valence-electron chi connectivity index (χ3n) is 6.17. The molecular formula is C27H54N2O4S2. The van der Waals surface area contributed by atoms with Crippen LogP contribution in [0, 0.1) is 0 Å². The van der Waals surface area contributed by atoms with Crippen molar-refractivity contribution in [2.24, 2.45) is 5.73 Å². The zero-order valence-corrected chi connectivity index (χ0v) is 24.2. The van der Waals surface area contributed by atoms with E-state index in [0.717, 1.165) is 31.4 Å². The predicted octanol–water partition coefficient (Wildman–Crippen LogP) is 6.95. The maximum atomic E-state index is 12.2. The van der Waals surface area contributed by atoms with E-state index in [1.807, 2.05) is 0 Å². The summed E-state index contributed by atoms with van der Waals surface area (Å²) < 4.78 is 5.01. The summed E-state index contributed by atoms with van der Waals surface area (Å²) in [5.74, 6) is 0.483. The van der Waals surface area contributed by atoms with E-state index >= 15 is 0 Å². The summed E-state index contributed by atoms with van der Waals surface area (Å²) in [6.45, 7) is 2.82. The summed E-state index contributed by atoms with van der Waals surface area (Å²) in [5.41, 5.74) is 5.88. The number of carbonyl (C=O) groups excluding carboxylic acids is 1. The van der Waals surface area contributed by atoms with E-state index < -0.39 is 12.0 Å². The number of unbranched alkanes of at least 4 members (excludes halogenated alkanes) is 14. The number of methoxy groups -OCH3 is 1. The van der Waals surface area contributed by atoms with Crippen LogP contribution in [0.2, 0.25) is 0 Å². The van der Waals surface area contributed by atoms with E-state index in [0.29, 0.717) is 25.2 Å². The zero-order valence-electron chi connectivity index (χ0n) is 22.6. The smallest absolute Gasteiger partial charge is 0.326 e. The summed E-state index contributed by atoms with van der Waals surface area (Å²) in [7, 11) is 4.96. The Balaban J connectivity index is 3.58. The maximum Gasteiger partial charge on any atom is 0.326 e. The quantitative estimate of drug-likeness (QED) is 0.0774. The van der Waals surface area contributed by atoms with Crippen molar-refractivity contribution in [3.8, 4) is 0 Å². The second kappa shape index (κ2) is 26.6. The minimum absolute atomic E-state index is 0.0406. The molecule has 6 nitrogen and oxygen atoms in total. The molecular weight excluding hydrogens is 480 g/mol. The Bertz CT molecular complexity index is 498. The number of rotatable bonds is 27. The van der Waals surface area contributed by atoms with Crippen molar-refractivity contribution < 1.29 is 19.4 Å². The summed E-state index contributed by atoms with van der Waals surface area (Å²) in [4.78, 5) is 23.6. The number of nitrogens with one attached hydrogen (secondary N) is 1. The van der Waals surface area contributed by atoms with Crippen molar-refractivity contribution >= 4 is 33.5 Å². The van der Waals surface area contributed by atoms with Crippen molar-refractivity contribution in [3.05, 3.63) is 0 Å². The van der Waals surface area contributed by atoms with Gasteiger partial charge in [0.05, 0.1) is 6.61 Å². The van der Waals surface area contributed by atoms with Gasteiger partial charge in [-0.2, -0.15) is 0 Å². The molecule has 35 heavy (non-hydrogen) atoms. The Morgan fingerprint density at radius 2 is 1.26 bits per heavy atom. The lowest BCUT2D eigenvalue weighted by Gasteiger charge is -2.14. The molecule has 2 atom stereocenters. The molecule has 0 aromatic carbocycles. The summed E-state index contributed by atoms with van der Waals surface area (Å²) in [6.07, 6.45) is 21.1. The van der Waals surface area contributed by atoms with Gasteiger partial charge >= 0.3 is 5.97 Å². The van der Waals surface area contributed by atoms with E-state index in [4.69, 9.17) is 10.5 Å². The number of hydrogen-bond donors (Lipinski definition) is 3. The Hall–Kier alpha value is -0.440. The maximum absolute atomic E-state index is 12.2. The van der Waals surface area contributed by atoms with Gasteiger partial charge in [-0.25, -0.2) is 4.79 Å². The highest BCUT2D eigenvalue weighted by atomic mass is 33.1. The van der Waals surface area contributed by atoms with Gasteiger partial charge in [0.15, 0.2) is 0 Å². The molecule has 0 rings (SSSR count). The third-order valence-corrected chi connectivity index (χ3v) is 8.64. The molecule has 4 N–H and O–H groups in total. The van der Waals surface area contributed by atoms with E-state index in [1.54, 1.807) is 28.7 Å². The molecule has 0 fully saturated rings. The SMILES string of the molecule is CCCCCCCCCCCCCCCCCC(=O)NC(CCSSCCC(N)COC)C(=O)O. The first kappa shape index (κ1) is 34.6. The highest BCUT2D eigenvalue weighted by molar-refractivity contribution is 8.76. The number of carboxylic acids is 1. The average Bonchev–Trinajstić information content (AvgIpc) is 2.83. The van der Waals surface area contributed by atoms with Gasteiger partial charge < -0.3 is 20.9 Å². The van der Waals surface area contributed by atoms with Crippen LogP contribution in [0.15, 0.2) is 0 Å². The molecule has 0 aliphatic rings. The molecule has 0 saturated heterocycles. The van der Waals surface area contributed by atoms with Gasteiger partial charge in [0, 0.05) is 31.1 Å². The van der Waals surface area contributed by atoms with Crippen LogP contribution in [0.25, 0.3) is 0 Å². The molecule has 0 saturated carbocycles. The number of hydrogen-bond acceptors (Lipinski definition) is 6. The van der Waals surface area contributed by atoms with Crippen molar-refractivity contribution in [3.63, 3.8) is 0 Å². The van der Waals surface area contributed by atoms with Crippen LogP contribution in [0.4, 0.5) is 0 Å². The largest absolute Gasteiger partial charge is 0.480 e. The fourth-order valence-corrected chi connectivity index (χ4v) is 6.21. The van der Waals surface area contributed by atoms with Gasteiger partial charge in [0.1, 0.15) is 6.04 Å². The van der Waals surface area contributed by atoms with Gasteiger partial charge in [0.25, 0.3) is 0 Å². The first-order valence-electron chi connectivity index (χ1n) is 14.0. The van der Waals surface area contributed by atoms with Crippen LogP contribution in [0.1, 0.15) is 122 Å². The standard InChI is InChI=1S/C27H54N2O4S2/c1-3-4-5-6-7-8-9-10-11-12-13-14-15-16-17-18-26(30)29-25(27(31)32)20-22-35-34-21-19-24(28)23-33-2/h24-25H,3-23,28H2,1-2H3,(H,29,30)(H,31,32). The molecule has 0 bridgehead atoms. The van der Waals surface area contributed by atoms with E-state index in [9.17, 15) is 14.7 Å². The second-order valence-corrected chi connectivity index (χ2v) is 12.3. The fraction of sp³-hybridized carbons (Fsp3) is 0.926. The van der Waals surface area contributed by atoms with E-state index in [1.165, 1.54) is 77.0 Å². The Kier molecular flexibility index (Phi) is 26.3. The first-order chi connectivity index (χ1) is 17.0. The average molecular weight is 535 g/mol. The molecule has 1 amide bonds. The molecule has 0 heterocycles. The van der Waals surface area contributed by atoms with Crippen LogP contribution < -0.4 is 11.1 Å². The molecule has 0 aromatic heterocycles. The molecule has 8 heteroatoms.